The Bertz CT molecular complexity index is 905. The van der Waals surface area contributed by atoms with E-state index in [1.54, 1.807) is 12.4 Å². The Labute approximate surface area is 202 Å². The fourth-order valence-corrected chi connectivity index (χ4v) is 4.30. The third kappa shape index (κ3) is 7.45. The van der Waals surface area contributed by atoms with Gasteiger partial charge in [0, 0.05) is 38.1 Å². The van der Waals surface area contributed by atoms with Gasteiger partial charge < -0.3 is 19.7 Å². The molecule has 182 valence electrons. The van der Waals surface area contributed by atoms with Crippen molar-refractivity contribution in [2.45, 2.75) is 51.4 Å². The molecule has 2 fully saturated rings. The summed E-state index contributed by atoms with van der Waals surface area (Å²) in [6.07, 6.45) is 12.5. The van der Waals surface area contributed by atoms with Crippen LogP contribution in [0.1, 0.15) is 54.9 Å². The molecule has 0 bridgehead atoms. The van der Waals surface area contributed by atoms with Crippen molar-refractivity contribution in [2.75, 3.05) is 37.7 Å². The second-order valence-electron chi connectivity index (χ2n) is 9.20. The van der Waals surface area contributed by atoms with Crippen LogP contribution < -0.4 is 10.2 Å². The van der Waals surface area contributed by atoms with E-state index >= 15 is 0 Å². The lowest BCUT2D eigenvalue weighted by atomic mass is 9.96. The summed E-state index contributed by atoms with van der Waals surface area (Å²) < 4.78 is 11.1. The van der Waals surface area contributed by atoms with Gasteiger partial charge in [0.15, 0.2) is 12.1 Å². The molecular weight excluding hydrogens is 428 g/mol. The molecule has 7 nitrogen and oxygen atoms in total. The number of Topliss-reactive ketones (excluding diaryl/α,β-unsaturated/α-hetero) is 1. The third-order valence-corrected chi connectivity index (χ3v) is 6.50. The highest BCUT2D eigenvalue weighted by atomic mass is 16.7. The van der Waals surface area contributed by atoms with Gasteiger partial charge in [0.05, 0.1) is 5.56 Å². The Morgan fingerprint density at radius 3 is 2.65 bits per heavy atom. The van der Waals surface area contributed by atoms with Crippen molar-refractivity contribution in [1.29, 1.82) is 0 Å². The van der Waals surface area contributed by atoms with Crippen LogP contribution in [0.15, 0.2) is 48.8 Å². The molecule has 4 rings (SSSR count). The first kappa shape index (κ1) is 24.5. The van der Waals surface area contributed by atoms with E-state index in [0.29, 0.717) is 30.1 Å². The Morgan fingerprint density at radius 2 is 1.94 bits per heavy atom. The Hall–Kier alpha value is -2.61. The average Bonchev–Trinajstić information content (AvgIpc) is 2.91. The van der Waals surface area contributed by atoms with Crippen molar-refractivity contribution in [2.24, 2.45) is 5.92 Å². The fraction of sp³-hybridized carbons (Fsp3) is 0.519. The van der Waals surface area contributed by atoms with Crippen molar-refractivity contribution < 1.29 is 14.3 Å². The summed E-state index contributed by atoms with van der Waals surface area (Å²) in [4.78, 5) is 23.5. The SMILES string of the molecule is CC(/C=C/c1ccccc1)NCC1CCN(c2ncc(C(=O)COC3CCCCO3)cn2)CC1. The molecule has 0 radical (unpaired) electrons. The lowest BCUT2D eigenvalue weighted by molar-refractivity contribution is -0.155. The minimum atomic E-state index is -0.267. The first-order valence-electron chi connectivity index (χ1n) is 12.5. The number of anilines is 1. The molecule has 2 atom stereocenters. The molecule has 2 aromatic rings. The van der Waals surface area contributed by atoms with Crippen molar-refractivity contribution in [3.63, 3.8) is 0 Å². The second-order valence-corrected chi connectivity index (χ2v) is 9.20. The Morgan fingerprint density at radius 1 is 1.18 bits per heavy atom. The van der Waals surface area contributed by atoms with E-state index in [0.717, 1.165) is 51.7 Å². The highest BCUT2D eigenvalue weighted by Crippen LogP contribution is 2.20. The van der Waals surface area contributed by atoms with Crippen molar-refractivity contribution >= 4 is 17.8 Å². The predicted octanol–water partition coefficient (Wildman–Crippen LogP) is 4.11. The maximum atomic E-state index is 12.4. The van der Waals surface area contributed by atoms with Gasteiger partial charge >= 0.3 is 0 Å². The summed E-state index contributed by atoms with van der Waals surface area (Å²) >= 11 is 0. The number of benzene rings is 1. The molecule has 2 saturated heterocycles. The van der Waals surface area contributed by atoms with Gasteiger partial charge in [-0.2, -0.15) is 0 Å². The van der Waals surface area contributed by atoms with Gasteiger partial charge in [-0.25, -0.2) is 9.97 Å². The van der Waals surface area contributed by atoms with Crippen molar-refractivity contribution in [3.8, 4) is 0 Å². The molecule has 7 heteroatoms. The van der Waals surface area contributed by atoms with Crippen LogP contribution in [0.25, 0.3) is 6.08 Å². The summed E-state index contributed by atoms with van der Waals surface area (Å²) in [7, 11) is 0. The van der Waals surface area contributed by atoms with Crippen LogP contribution in [0, 0.1) is 5.92 Å². The normalized spacial score (nSPS) is 20.5. The number of carbonyl (C=O) groups excluding carboxylic acids is 1. The molecule has 2 unspecified atom stereocenters. The summed E-state index contributed by atoms with van der Waals surface area (Å²) in [5.41, 5.74) is 1.71. The van der Waals surface area contributed by atoms with E-state index in [-0.39, 0.29) is 18.7 Å². The smallest absolute Gasteiger partial charge is 0.225 e. The predicted molar refractivity (Wildman–Crippen MR) is 134 cm³/mol. The van der Waals surface area contributed by atoms with Crippen LogP contribution >= 0.6 is 0 Å². The third-order valence-electron chi connectivity index (χ3n) is 6.50. The highest BCUT2D eigenvalue weighted by molar-refractivity contribution is 5.96. The number of nitrogens with zero attached hydrogens (tertiary/aromatic N) is 3. The largest absolute Gasteiger partial charge is 0.353 e. The van der Waals surface area contributed by atoms with E-state index in [9.17, 15) is 4.79 Å². The first-order valence-corrected chi connectivity index (χ1v) is 12.5. The zero-order valence-corrected chi connectivity index (χ0v) is 20.1. The van der Waals surface area contributed by atoms with Crippen LogP contribution in [0.2, 0.25) is 0 Å². The highest BCUT2D eigenvalue weighted by Gasteiger charge is 2.22. The maximum absolute atomic E-state index is 12.4. The molecule has 2 aliphatic heterocycles. The molecule has 0 spiro atoms. The zero-order valence-electron chi connectivity index (χ0n) is 20.1. The quantitative estimate of drug-likeness (QED) is 0.530. The summed E-state index contributed by atoms with van der Waals surface area (Å²) in [6, 6.07) is 10.7. The number of ketones is 1. The van der Waals surface area contributed by atoms with Crippen LogP contribution in [-0.4, -0.2) is 60.9 Å². The molecule has 3 heterocycles. The monoisotopic (exact) mass is 464 g/mol. The van der Waals surface area contributed by atoms with E-state index in [2.05, 4.69) is 63.5 Å². The van der Waals surface area contributed by atoms with Gasteiger partial charge in [-0.15, -0.1) is 0 Å². The molecule has 0 saturated carbocycles. The minimum Gasteiger partial charge on any atom is -0.353 e. The van der Waals surface area contributed by atoms with E-state index < -0.39 is 0 Å². The lowest BCUT2D eigenvalue weighted by Crippen LogP contribution is -2.39. The topological polar surface area (TPSA) is 76.6 Å². The summed E-state index contributed by atoms with van der Waals surface area (Å²) in [5.74, 6) is 1.23. The number of ether oxygens (including phenoxy) is 2. The van der Waals surface area contributed by atoms with Crippen LogP contribution in [0.3, 0.4) is 0 Å². The van der Waals surface area contributed by atoms with Gasteiger partial charge in [0.1, 0.15) is 6.61 Å². The number of nitrogens with one attached hydrogen (secondary N) is 1. The number of carbonyl (C=O) groups is 1. The first-order chi connectivity index (χ1) is 16.7. The summed E-state index contributed by atoms with van der Waals surface area (Å²) in [5, 5.41) is 3.64. The number of rotatable bonds is 10. The van der Waals surface area contributed by atoms with E-state index in [4.69, 9.17) is 9.47 Å². The molecule has 1 N–H and O–H groups in total. The second kappa shape index (κ2) is 12.7. The van der Waals surface area contributed by atoms with Crippen LogP contribution in [0.5, 0.6) is 0 Å². The van der Waals surface area contributed by atoms with Gasteiger partial charge in [0.25, 0.3) is 0 Å². The Kier molecular flexibility index (Phi) is 9.19. The van der Waals surface area contributed by atoms with Gasteiger partial charge in [-0.1, -0.05) is 42.5 Å². The summed E-state index contributed by atoms with van der Waals surface area (Å²) in [6.45, 7) is 5.76. The van der Waals surface area contributed by atoms with Crippen LogP contribution in [-0.2, 0) is 9.47 Å². The molecule has 1 aromatic carbocycles. The fourth-order valence-electron chi connectivity index (χ4n) is 4.30. The average molecular weight is 465 g/mol. The number of piperidine rings is 1. The Balaban J connectivity index is 1.16. The van der Waals surface area contributed by atoms with Gasteiger partial charge in [0.2, 0.25) is 5.95 Å². The number of hydrogen-bond donors (Lipinski definition) is 1. The lowest BCUT2D eigenvalue weighted by Gasteiger charge is -2.32. The number of aromatic nitrogens is 2. The molecule has 1 aromatic heterocycles. The van der Waals surface area contributed by atoms with Crippen molar-refractivity contribution in [3.05, 3.63) is 59.9 Å². The molecule has 34 heavy (non-hydrogen) atoms. The standard InChI is InChI=1S/C27H36N4O3/c1-21(10-11-22-7-3-2-4-8-22)28-17-23-12-14-31(15-13-23)27-29-18-24(19-30-27)25(32)20-34-26-9-5-6-16-33-26/h2-4,7-8,10-11,18-19,21,23,26,28H,5-6,9,12-17,20H2,1H3/b11-10+. The minimum absolute atomic E-state index is 0.00469. The van der Waals surface area contributed by atoms with Gasteiger partial charge in [-0.05, 0) is 57.1 Å². The van der Waals surface area contributed by atoms with E-state index in [1.165, 1.54) is 5.56 Å². The number of hydrogen-bond acceptors (Lipinski definition) is 7. The van der Waals surface area contributed by atoms with Crippen LogP contribution in [0.4, 0.5) is 5.95 Å². The van der Waals surface area contributed by atoms with Gasteiger partial charge in [-0.3, -0.25) is 4.79 Å². The molecular formula is C27H36N4O3. The maximum Gasteiger partial charge on any atom is 0.225 e. The zero-order chi connectivity index (χ0) is 23.6. The molecule has 0 amide bonds. The molecule has 2 aliphatic rings. The molecule has 0 aliphatic carbocycles. The van der Waals surface area contributed by atoms with E-state index in [1.807, 2.05) is 6.07 Å². The van der Waals surface area contributed by atoms with Crippen molar-refractivity contribution in [1.82, 2.24) is 15.3 Å².